The molecule has 136 valence electrons. The van der Waals surface area contributed by atoms with Crippen molar-refractivity contribution < 1.29 is 19.2 Å². The van der Waals surface area contributed by atoms with Crippen LogP contribution in [0.1, 0.15) is 29.6 Å². The van der Waals surface area contributed by atoms with E-state index in [0.717, 1.165) is 4.90 Å². The molecule has 2 saturated heterocycles. The number of thioether (sulfide) groups is 1. The van der Waals surface area contributed by atoms with E-state index in [1.165, 1.54) is 0 Å². The van der Waals surface area contributed by atoms with Gasteiger partial charge in [-0.05, 0) is 31.0 Å². The van der Waals surface area contributed by atoms with Crippen LogP contribution >= 0.6 is 11.8 Å². The summed E-state index contributed by atoms with van der Waals surface area (Å²) in [6, 6.07) is 4.85. The number of nitrogens with one attached hydrogen (secondary N) is 3. The van der Waals surface area contributed by atoms with Crippen molar-refractivity contribution in [2.75, 3.05) is 24.2 Å². The number of benzene rings is 1. The highest BCUT2D eigenvalue weighted by molar-refractivity contribution is 7.99. The predicted octanol–water partition coefficient (Wildman–Crippen LogP) is 0.935. The van der Waals surface area contributed by atoms with Gasteiger partial charge in [0.2, 0.25) is 5.91 Å². The number of likely N-dealkylation sites (tertiary alicyclic amines) is 1. The van der Waals surface area contributed by atoms with Gasteiger partial charge in [-0.2, -0.15) is 0 Å². The molecule has 0 atom stereocenters. The summed E-state index contributed by atoms with van der Waals surface area (Å²) in [5, 5.41) is 7.79. The standard InChI is InChI=1S/C17H18N4O4S/c22-13-3-8-26-12-2-1-10(9-11(12)18-13)14(23)21-6-4-17(5-7-21)15(24)19-16(25)20-17/h1-2,9H,3-8H2,(H,18,22)(H2,19,20,24,25). The number of fused-ring (bicyclic) bond motifs is 1. The predicted molar refractivity (Wildman–Crippen MR) is 95.0 cm³/mol. The Morgan fingerprint density at radius 3 is 2.58 bits per heavy atom. The lowest BCUT2D eigenvalue weighted by molar-refractivity contribution is -0.125. The van der Waals surface area contributed by atoms with Crippen LogP contribution in [0, 0.1) is 0 Å². The van der Waals surface area contributed by atoms with Crippen molar-refractivity contribution in [3.05, 3.63) is 23.8 Å². The van der Waals surface area contributed by atoms with Gasteiger partial charge >= 0.3 is 6.03 Å². The Balaban J connectivity index is 1.48. The summed E-state index contributed by atoms with van der Waals surface area (Å²) in [7, 11) is 0. The summed E-state index contributed by atoms with van der Waals surface area (Å²) in [4.78, 5) is 50.6. The summed E-state index contributed by atoms with van der Waals surface area (Å²) in [6.45, 7) is 0.759. The molecule has 3 aliphatic rings. The molecule has 0 bridgehead atoms. The molecule has 5 amide bonds. The van der Waals surface area contributed by atoms with Crippen LogP contribution in [0.4, 0.5) is 10.5 Å². The molecule has 3 N–H and O–H groups in total. The quantitative estimate of drug-likeness (QED) is 0.634. The fraction of sp³-hybridized carbons (Fsp3) is 0.412. The number of urea groups is 1. The minimum atomic E-state index is -0.897. The lowest BCUT2D eigenvalue weighted by atomic mass is 9.87. The molecule has 4 rings (SSSR count). The largest absolute Gasteiger partial charge is 0.338 e. The lowest BCUT2D eigenvalue weighted by Crippen LogP contribution is -2.55. The van der Waals surface area contributed by atoms with Gasteiger partial charge in [0.1, 0.15) is 5.54 Å². The molecule has 9 heteroatoms. The fourth-order valence-electron chi connectivity index (χ4n) is 3.51. The van der Waals surface area contributed by atoms with Crippen LogP contribution < -0.4 is 16.0 Å². The number of amides is 5. The molecule has 0 aromatic heterocycles. The molecule has 26 heavy (non-hydrogen) atoms. The molecule has 1 aromatic rings. The van der Waals surface area contributed by atoms with Crippen molar-refractivity contribution in [2.24, 2.45) is 0 Å². The average molecular weight is 374 g/mol. The minimum absolute atomic E-state index is 0.0521. The van der Waals surface area contributed by atoms with Gasteiger partial charge in [0.25, 0.3) is 11.8 Å². The van der Waals surface area contributed by atoms with Gasteiger partial charge < -0.3 is 15.5 Å². The van der Waals surface area contributed by atoms with Crippen molar-refractivity contribution in [1.29, 1.82) is 0 Å². The van der Waals surface area contributed by atoms with Crippen LogP contribution in [0.15, 0.2) is 23.1 Å². The zero-order valence-corrected chi connectivity index (χ0v) is 14.8. The second-order valence-electron chi connectivity index (χ2n) is 6.64. The van der Waals surface area contributed by atoms with Gasteiger partial charge in [0.05, 0.1) is 5.69 Å². The first-order valence-corrected chi connectivity index (χ1v) is 9.45. The van der Waals surface area contributed by atoms with Crippen molar-refractivity contribution in [2.45, 2.75) is 29.7 Å². The van der Waals surface area contributed by atoms with E-state index in [0.29, 0.717) is 49.4 Å². The lowest BCUT2D eigenvalue weighted by Gasteiger charge is -2.37. The number of anilines is 1. The van der Waals surface area contributed by atoms with E-state index >= 15 is 0 Å². The van der Waals surface area contributed by atoms with Crippen molar-refractivity contribution >= 4 is 41.2 Å². The number of hydrogen-bond donors (Lipinski definition) is 3. The molecule has 1 aromatic carbocycles. The molecule has 8 nitrogen and oxygen atoms in total. The molecular formula is C17H18N4O4S. The van der Waals surface area contributed by atoms with Crippen LogP contribution in [0.5, 0.6) is 0 Å². The highest BCUT2D eigenvalue weighted by atomic mass is 32.2. The highest BCUT2D eigenvalue weighted by Gasteiger charge is 2.48. The Kier molecular flexibility index (Phi) is 4.10. The Hall–Kier alpha value is -2.55. The van der Waals surface area contributed by atoms with Crippen LogP contribution in [0.3, 0.4) is 0 Å². The smallest absolute Gasteiger partial charge is 0.322 e. The summed E-state index contributed by atoms with van der Waals surface area (Å²) in [6.07, 6.45) is 1.21. The number of rotatable bonds is 1. The van der Waals surface area contributed by atoms with E-state index in [2.05, 4.69) is 16.0 Å². The Bertz CT molecular complexity index is 817. The first-order chi connectivity index (χ1) is 12.5. The fourth-order valence-corrected chi connectivity index (χ4v) is 4.44. The van der Waals surface area contributed by atoms with E-state index < -0.39 is 11.6 Å². The number of carbonyl (C=O) groups excluding carboxylic acids is 4. The summed E-state index contributed by atoms with van der Waals surface area (Å²) >= 11 is 1.59. The molecule has 0 unspecified atom stereocenters. The van der Waals surface area contributed by atoms with Crippen LogP contribution in [0.25, 0.3) is 0 Å². The minimum Gasteiger partial charge on any atom is -0.338 e. The number of nitrogens with zero attached hydrogens (tertiary/aromatic N) is 1. The summed E-state index contributed by atoms with van der Waals surface area (Å²) < 4.78 is 0. The molecule has 0 radical (unpaired) electrons. The van der Waals surface area contributed by atoms with E-state index in [9.17, 15) is 19.2 Å². The maximum atomic E-state index is 12.8. The third kappa shape index (κ3) is 2.92. The first-order valence-electron chi connectivity index (χ1n) is 8.46. The van der Waals surface area contributed by atoms with Crippen LogP contribution in [-0.2, 0) is 9.59 Å². The monoisotopic (exact) mass is 374 g/mol. The second kappa shape index (κ2) is 6.31. The first kappa shape index (κ1) is 16.9. The van der Waals surface area contributed by atoms with E-state index in [-0.39, 0.29) is 17.7 Å². The Morgan fingerprint density at radius 2 is 1.88 bits per heavy atom. The van der Waals surface area contributed by atoms with Gasteiger partial charge in [-0.15, -0.1) is 11.8 Å². The molecule has 3 aliphatic heterocycles. The average Bonchev–Trinajstić information content (AvgIpc) is 2.78. The molecular weight excluding hydrogens is 356 g/mol. The maximum Gasteiger partial charge on any atom is 0.322 e. The zero-order chi connectivity index (χ0) is 18.3. The number of carbonyl (C=O) groups is 4. The van der Waals surface area contributed by atoms with E-state index in [1.807, 2.05) is 6.07 Å². The SMILES string of the molecule is O=C1CCSc2ccc(C(=O)N3CCC4(CC3)NC(=O)NC4=O)cc2N1. The Labute approximate surface area is 154 Å². The van der Waals surface area contributed by atoms with Gasteiger partial charge in [-0.1, -0.05) is 0 Å². The van der Waals surface area contributed by atoms with Gasteiger partial charge in [0.15, 0.2) is 0 Å². The normalized spacial score (nSPS) is 21.5. The van der Waals surface area contributed by atoms with E-state index in [1.54, 1.807) is 28.8 Å². The van der Waals surface area contributed by atoms with Crippen molar-refractivity contribution in [3.8, 4) is 0 Å². The molecule has 2 fully saturated rings. The topological polar surface area (TPSA) is 108 Å². The number of piperidine rings is 1. The highest BCUT2D eigenvalue weighted by Crippen LogP contribution is 2.32. The van der Waals surface area contributed by atoms with E-state index in [4.69, 9.17) is 0 Å². The number of imide groups is 1. The third-order valence-electron chi connectivity index (χ3n) is 5.01. The van der Waals surface area contributed by atoms with Gasteiger partial charge in [-0.25, -0.2) is 4.79 Å². The van der Waals surface area contributed by atoms with Crippen molar-refractivity contribution in [1.82, 2.24) is 15.5 Å². The summed E-state index contributed by atoms with van der Waals surface area (Å²) in [5.41, 5.74) is 0.272. The van der Waals surface area contributed by atoms with Gasteiger partial charge in [0, 0.05) is 35.7 Å². The second-order valence-corrected chi connectivity index (χ2v) is 7.78. The Morgan fingerprint density at radius 1 is 1.12 bits per heavy atom. The molecule has 3 heterocycles. The zero-order valence-electron chi connectivity index (χ0n) is 14.0. The van der Waals surface area contributed by atoms with Gasteiger partial charge in [-0.3, -0.25) is 19.7 Å². The molecule has 0 aliphatic carbocycles. The van der Waals surface area contributed by atoms with Crippen LogP contribution in [0.2, 0.25) is 0 Å². The number of hydrogen-bond acceptors (Lipinski definition) is 5. The maximum absolute atomic E-state index is 12.8. The van der Waals surface area contributed by atoms with Crippen LogP contribution in [-0.4, -0.2) is 53.0 Å². The molecule has 0 saturated carbocycles. The molecule has 1 spiro atoms. The third-order valence-corrected chi connectivity index (χ3v) is 6.08. The van der Waals surface area contributed by atoms with Crippen molar-refractivity contribution in [3.63, 3.8) is 0 Å². The summed E-state index contributed by atoms with van der Waals surface area (Å²) in [5.74, 6) is 0.202.